The Morgan fingerprint density at radius 2 is 1.89 bits per heavy atom. The maximum absolute atomic E-state index is 12.1. The van der Waals surface area contributed by atoms with Crippen molar-refractivity contribution in [2.24, 2.45) is 0 Å². The quantitative estimate of drug-likeness (QED) is 0.789. The predicted molar refractivity (Wildman–Crippen MR) is 102 cm³/mol. The summed E-state index contributed by atoms with van der Waals surface area (Å²) in [6.07, 6.45) is -0.325. The van der Waals surface area contributed by atoms with Gasteiger partial charge in [0.05, 0.1) is 10.6 Å². The summed E-state index contributed by atoms with van der Waals surface area (Å²) in [4.78, 5) is 20.4. The number of rotatable bonds is 3. The smallest absolute Gasteiger partial charge is 0.410 e. The monoisotopic (exact) mass is 395 g/mol. The van der Waals surface area contributed by atoms with E-state index in [1.165, 1.54) is 12.1 Å². The number of hydrogen-bond acceptors (Lipinski definition) is 7. The fourth-order valence-corrected chi connectivity index (χ4v) is 3.70. The number of nitrogens with zero attached hydrogens (tertiary/aromatic N) is 3. The summed E-state index contributed by atoms with van der Waals surface area (Å²) in [6, 6.07) is 5.14. The van der Waals surface area contributed by atoms with Crippen LogP contribution >= 0.6 is 0 Å². The molecule has 1 aromatic heterocycles. The first-order valence-corrected chi connectivity index (χ1v) is 10.6. The van der Waals surface area contributed by atoms with Crippen molar-refractivity contribution in [3.8, 4) is 0 Å². The highest BCUT2D eigenvalue weighted by atomic mass is 32.2. The predicted octanol–water partition coefficient (Wildman–Crippen LogP) is 2.68. The lowest BCUT2D eigenvalue weighted by Gasteiger charge is -2.34. The number of carbonyl (C=O) groups is 1. The number of fused-ring (bicyclic) bond motifs is 1. The molecule has 1 saturated heterocycles. The van der Waals surface area contributed by atoms with Crippen molar-refractivity contribution in [3.63, 3.8) is 0 Å². The van der Waals surface area contributed by atoms with Crippen molar-refractivity contribution in [3.05, 3.63) is 18.2 Å². The lowest BCUT2D eigenvalue weighted by atomic mass is 10.2. The van der Waals surface area contributed by atoms with Gasteiger partial charge < -0.3 is 19.0 Å². The van der Waals surface area contributed by atoms with Crippen LogP contribution in [0.3, 0.4) is 0 Å². The van der Waals surface area contributed by atoms with Crippen molar-refractivity contribution >= 4 is 33.0 Å². The highest BCUT2D eigenvalue weighted by Gasteiger charge is 2.27. The molecule has 0 spiro atoms. The van der Waals surface area contributed by atoms with Crippen LogP contribution in [0.15, 0.2) is 27.5 Å². The second kappa shape index (κ2) is 7.03. The minimum atomic E-state index is -3.29. The number of sulfone groups is 1. The Morgan fingerprint density at radius 3 is 2.48 bits per heavy atom. The molecule has 3 rings (SSSR count). The van der Waals surface area contributed by atoms with Crippen molar-refractivity contribution < 1.29 is 22.4 Å². The first kappa shape index (κ1) is 19.5. The van der Waals surface area contributed by atoms with E-state index in [2.05, 4.69) is 4.98 Å². The molecule has 1 amide bonds. The molecule has 2 heterocycles. The summed E-state index contributed by atoms with van der Waals surface area (Å²) in [7, 11) is -3.29. The molecule has 0 bridgehead atoms. The summed E-state index contributed by atoms with van der Waals surface area (Å²) in [5.74, 6) is 0.0375. The largest absolute Gasteiger partial charge is 0.444 e. The fraction of sp³-hybridized carbons (Fsp3) is 0.556. The first-order chi connectivity index (χ1) is 12.6. The molecule has 2 aromatic rings. The van der Waals surface area contributed by atoms with Gasteiger partial charge in [-0.2, -0.15) is 4.98 Å². The number of anilines is 1. The van der Waals surface area contributed by atoms with Crippen molar-refractivity contribution in [1.29, 1.82) is 0 Å². The maximum atomic E-state index is 12.1. The van der Waals surface area contributed by atoms with Crippen LogP contribution in [0.25, 0.3) is 11.1 Å². The molecule has 1 aliphatic rings. The molecule has 148 valence electrons. The van der Waals surface area contributed by atoms with Crippen molar-refractivity contribution in [2.45, 2.75) is 38.2 Å². The van der Waals surface area contributed by atoms with Gasteiger partial charge in [0.1, 0.15) is 11.1 Å². The van der Waals surface area contributed by atoms with Crippen molar-refractivity contribution in [2.75, 3.05) is 36.8 Å². The first-order valence-electron chi connectivity index (χ1n) is 8.95. The van der Waals surface area contributed by atoms with Crippen LogP contribution in [0, 0.1) is 0 Å². The van der Waals surface area contributed by atoms with Gasteiger partial charge in [0.2, 0.25) is 0 Å². The van der Waals surface area contributed by atoms with Gasteiger partial charge >= 0.3 is 6.09 Å². The van der Waals surface area contributed by atoms with Gasteiger partial charge in [-0.15, -0.1) is 0 Å². The molecule has 8 nitrogen and oxygen atoms in total. The Morgan fingerprint density at radius 1 is 1.22 bits per heavy atom. The van der Waals surface area contributed by atoms with Gasteiger partial charge in [-0.25, -0.2) is 13.2 Å². The van der Waals surface area contributed by atoms with E-state index in [4.69, 9.17) is 9.15 Å². The number of piperazine rings is 1. The van der Waals surface area contributed by atoms with Crippen LogP contribution in [0.1, 0.15) is 27.7 Å². The van der Waals surface area contributed by atoms with Gasteiger partial charge in [0.25, 0.3) is 6.01 Å². The zero-order valence-corrected chi connectivity index (χ0v) is 16.9. The molecule has 27 heavy (non-hydrogen) atoms. The Balaban J connectivity index is 1.71. The molecule has 0 radical (unpaired) electrons. The molecule has 1 aromatic carbocycles. The summed E-state index contributed by atoms with van der Waals surface area (Å²) in [5.41, 5.74) is 0.522. The standard InChI is InChI=1S/C18H25N3O5S/c1-5-27(23,24)13-6-7-15-14(12-13)19-16(25-15)20-8-10-21(11-9-20)17(22)26-18(2,3)4/h6-7,12H,5,8-11H2,1-4H3. The number of aromatic nitrogens is 1. The van der Waals surface area contributed by atoms with Crippen LogP contribution in [0.2, 0.25) is 0 Å². The fourth-order valence-electron chi connectivity index (χ4n) is 2.80. The molecular formula is C18H25N3O5S. The summed E-state index contributed by atoms with van der Waals surface area (Å²) >= 11 is 0. The minimum Gasteiger partial charge on any atom is -0.444 e. The molecular weight excluding hydrogens is 370 g/mol. The zero-order valence-electron chi connectivity index (χ0n) is 16.1. The normalized spacial score (nSPS) is 16.0. The van der Waals surface area contributed by atoms with Crippen LogP contribution in [0.4, 0.5) is 10.8 Å². The van der Waals surface area contributed by atoms with E-state index in [0.717, 1.165) is 0 Å². The molecule has 0 atom stereocenters. The average molecular weight is 395 g/mol. The Kier molecular flexibility index (Phi) is 5.07. The lowest BCUT2D eigenvalue weighted by Crippen LogP contribution is -2.50. The van der Waals surface area contributed by atoms with Crippen molar-refractivity contribution in [1.82, 2.24) is 9.88 Å². The number of benzene rings is 1. The van der Waals surface area contributed by atoms with Gasteiger partial charge in [0.15, 0.2) is 15.4 Å². The van der Waals surface area contributed by atoms with E-state index in [0.29, 0.717) is 43.3 Å². The number of oxazole rings is 1. The van der Waals surface area contributed by atoms with Crippen LogP contribution in [0.5, 0.6) is 0 Å². The maximum Gasteiger partial charge on any atom is 0.410 e. The summed E-state index contributed by atoms with van der Waals surface area (Å²) < 4.78 is 35.2. The summed E-state index contributed by atoms with van der Waals surface area (Å²) in [6.45, 7) is 9.26. The topological polar surface area (TPSA) is 93.0 Å². The van der Waals surface area contributed by atoms with Gasteiger partial charge in [0, 0.05) is 26.2 Å². The third-order valence-electron chi connectivity index (χ3n) is 4.29. The van der Waals surface area contributed by atoms with Crippen LogP contribution in [-0.4, -0.2) is 61.9 Å². The minimum absolute atomic E-state index is 0.0375. The lowest BCUT2D eigenvalue weighted by molar-refractivity contribution is 0.0239. The molecule has 1 fully saturated rings. The van der Waals surface area contributed by atoms with Gasteiger partial charge in [-0.05, 0) is 39.0 Å². The Labute approximate surface area is 159 Å². The highest BCUT2D eigenvalue weighted by molar-refractivity contribution is 7.91. The van der Waals surface area contributed by atoms with Gasteiger partial charge in [-0.1, -0.05) is 6.92 Å². The number of ether oxygens (including phenoxy) is 1. The van der Waals surface area contributed by atoms with Crippen LogP contribution in [-0.2, 0) is 14.6 Å². The number of amides is 1. The van der Waals surface area contributed by atoms with E-state index in [1.54, 1.807) is 17.9 Å². The SMILES string of the molecule is CCS(=O)(=O)c1ccc2oc(N3CCN(C(=O)OC(C)(C)C)CC3)nc2c1. The van der Waals surface area contributed by atoms with E-state index < -0.39 is 15.4 Å². The molecule has 0 unspecified atom stereocenters. The van der Waals surface area contributed by atoms with Gasteiger partial charge in [-0.3, -0.25) is 0 Å². The summed E-state index contributed by atoms with van der Waals surface area (Å²) in [5, 5.41) is 0. The second-order valence-corrected chi connectivity index (χ2v) is 9.76. The molecule has 0 saturated carbocycles. The zero-order chi connectivity index (χ0) is 19.8. The highest BCUT2D eigenvalue weighted by Crippen LogP contribution is 2.26. The Hall–Kier alpha value is -2.29. The Bertz CT molecular complexity index is 938. The van der Waals surface area contributed by atoms with E-state index in [-0.39, 0.29) is 16.7 Å². The van der Waals surface area contributed by atoms with E-state index in [9.17, 15) is 13.2 Å². The average Bonchev–Trinajstić information content (AvgIpc) is 3.03. The molecule has 0 N–H and O–H groups in total. The molecule has 0 aliphatic carbocycles. The second-order valence-electron chi connectivity index (χ2n) is 7.48. The third kappa shape index (κ3) is 4.35. The molecule has 1 aliphatic heterocycles. The number of hydrogen-bond donors (Lipinski definition) is 0. The van der Waals surface area contributed by atoms with E-state index >= 15 is 0 Å². The molecule has 9 heteroatoms. The van der Waals surface area contributed by atoms with Crippen LogP contribution < -0.4 is 4.90 Å². The number of carbonyl (C=O) groups excluding carboxylic acids is 1. The van der Waals surface area contributed by atoms with E-state index in [1.807, 2.05) is 25.7 Å². The third-order valence-corrected chi connectivity index (χ3v) is 6.02.